The molecule has 0 saturated heterocycles. The summed E-state index contributed by atoms with van der Waals surface area (Å²) in [7, 11) is 1.65. The van der Waals surface area contributed by atoms with Crippen molar-refractivity contribution in [3.05, 3.63) is 18.2 Å². The van der Waals surface area contributed by atoms with E-state index in [-0.39, 0.29) is 0 Å². The summed E-state index contributed by atoms with van der Waals surface area (Å²) in [5.74, 6) is 1.55. The Morgan fingerprint density at radius 2 is 2.00 bits per heavy atom. The predicted octanol–water partition coefficient (Wildman–Crippen LogP) is 2.91. The molecule has 0 aromatic heterocycles. The molecule has 0 heterocycles. The Hall–Kier alpha value is -1.38. The number of anilines is 1. The van der Waals surface area contributed by atoms with Crippen molar-refractivity contribution in [2.75, 3.05) is 19.0 Å². The van der Waals surface area contributed by atoms with Crippen LogP contribution in [-0.2, 0) is 0 Å². The summed E-state index contributed by atoms with van der Waals surface area (Å²) in [6, 6.07) is 6.28. The first-order valence-electron chi connectivity index (χ1n) is 5.24. The zero-order valence-corrected chi connectivity index (χ0v) is 9.83. The quantitative estimate of drug-likeness (QED) is 0.808. The molecule has 0 aliphatic heterocycles. The van der Waals surface area contributed by atoms with Crippen LogP contribution < -0.4 is 14.8 Å². The van der Waals surface area contributed by atoms with Crippen LogP contribution >= 0.6 is 0 Å². The monoisotopic (exact) mass is 209 g/mol. The van der Waals surface area contributed by atoms with Gasteiger partial charge >= 0.3 is 0 Å². The van der Waals surface area contributed by atoms with Crippen LogP contribution in [0.5, 0.6) is 11.5 Å². The molecule has 0 aliphatic carbocycles. The minimum atomic E-state index is 0.410. The molecule has 0 fully saturated rings. The Morgan fingerprint density at radius 3 is 2.53 bits per heavy atom. The van der Waals surface area contributed by atoms with E-state index in [2.05, 4.69) is 19.2 Å². The van der Waals surface area contributed by atoms with Crippen LogP contribution in [0.15, 0.2) is 18.2 Å². The Bertz CT molecular complexity index is 310. The van der Waals surface area contributed by atoms with Crippen molar-refractivity contribution >= 4 is 5.69 Å². The first-order chi connectivity index (χ1) is 7.17. The number of hydrogen-bond acceptors (Lipinski definition) is 3. The summed E-state index contributed by atoms with van der Waals surface area (Å²) in [4.78, 5) is 0. The fourth-order valence-corrected chi connectivity index (χ4v) is 1.37. The smallest absolute Gasteiger partial charge is 0.162 e. The van der Waals surface area contributed by atoms with Crippen LogP contribution in [0, 0.1) is 0 Å². The SMILES string of the molecule is CCOc1ccc(NC(C)C)cc1OC. The van der Waals surface area contributed by atoms with Gasteiger partial charge in [0, 0.05) is 17.8 Å². The molecule has 15 heavy (non-hydrogen) atoms. The van der Waals surface area contributed by atoms with Gasteiger partial charge in [0.2, 0.25) is 0 Å². The van der Waals surface area contributed by atoms with E-state index in [0.717, 1.165) is 17.2 Å². The van der Waals surface area contributed by atoms with Crippen LogP contribution in [-0.4, -0.2) is 19.8 Å². The molecule has 3 nitrogen and oxygen atoms in total. The molecule has 0 bridgehead atoms. The topological polar surface area (TPSA) is 30.5 Å². The van der Waals surface area contributed by atoms with Gasteiger partial charge < -0.3 is 14.8 Å². The third-order valence-electron chi connectivity index (χ3n) is 1.92. The molecule has 0 aliphatic rings. The Balaban J connectivity index is 2.86. The number of nitrogens with one attached hydrogen (secondary N) is 1. The summed E-state index contributed by atoms with van der Waals surface area (Å²) in [5.41, 5.74) is 1.05. The molecule has 1 aromatic rings. The lowest BCUT2D eigenvalue weighted by molar-refractivity contribution is 0.311. The molecule has 0 saturated carbocycles. The molecule has 1 rings (SSSR count). The zero-order valence-electron chi connectivity index (χ0n) is 9.83. The summed E-state index contributed by atoms with van der Waals surface area (Å²) in [6.45, 7) is 6.80. The van der Waals surface area contributed by atoms with Gasteiger partial charge in [0.1, 0.15) is 0 Å². The highest BCUT2D eigenvalue weighted by Gasteiger charge is 2.05. The van der Waals surface area contributed by atoms with E-state index in [1.165, 1.54) is 0 Å². The lowest BCUT2D eigenvalue weighted by Crippen LogP contribution is -2.09. The average Bonchev–Trinajstić information content (AvgIpc) is 2.20. The van der Waals surface area contributed by atoms with E-state index in [1.807, 2.05) is 25.1 Å². The molecule has 0 unspecified atom stereocenters. The molecule has 84 valence electrons. The van der Waals surface area contributed by atoms with Crippen molar-refractivity contribution in [3.8, 4) is 11.5 Å². The van der Waals surface area contributed by atoms with Crippen LogP contribution in [0.1, 0.15) is 20.8 Å². The van der Waals surface area contributed by atoms with Crippen molar-refractivity contribution < 1.29 is 9.47 Å². The minimum Gasteiger partial charge on any atom is -0.493 e. The fraction of sp³-hybridized carbons (Fsp3) is 0.500. The van der Waals surface area contributed by atoms with Gasteiger partial charge in [0.15, 0.2) is 11.5 Å². The largest absolute Gasteiger partial charge is 0.493 e. The third kappa shape index (κ3) is 3.35. The molecule has 0 atom stereocenters. The summed E-state index contributed by atoms with van der Waals surface area (Å²) in [6.07, 6.45) is 0. The van der Waals surface area contributed by atoms with E-state index in [0.29, 0.717) is 12.6 Å². The molecule has 0 amide bonds. The molecule has 1 N–H and O–H groups in total. The minimum absolute atomic E-state index is 0.410. The van der Waals surface area contributed by atoms with E-state index in [9.17, 15) is 0 Å². The second kappa shape index (κ2) is 5.49. The van der Waals surface area contributed by atoms with E-state index >= 15 is 0 Å². The van der Waals surface area contributed by atoms with Gasteiger partial charge in [-0.25, -0.2) is 0 Å². The molecule has 1 aromatic carbocycles. The van der Waals surface area contributed by atoms with E-state index < -0.39 is 0 Å². The highest BCUT2D eigenvalue weighted by atomic mass is 16.5. The predicted molar refractivity (Wildman–Crippen MR) is 62.9 cm³/mol. The van der Waals surface area contributed by atoms with Crippen LogP contribution in [0.2, 0.25) is 0 Å². The van der Waals surface area contributed by atoms with Crippen molar-refractivity contribution in [1.82, 2.24) is 0 Å². The maximum Gasteiger partial charge on any atom is 0.162 e. The van der Waals surface area contributed by atoms with Crippen molar-refractivity contribution in [1.29, 1.82) is 0 Å². The summed E-state index contributed by atoms with van der Waals surface area (Å²) < 4.78 is 10.7. The van der Waals surface area contributed by atoms with E-state index in [1.54, 1.807) is 7.11 Å². The average molecular weight is 209 g/mol. The number of hydrogen-bond donors (Lipinski definition) is 1. The van der Waals surface area contributed by atoms with Gasteiger partial charge in [-0.1, -0.05) is 0 Å². The van der Waals surface area contributed by atoms with Crippen LogP contribution in [0.3, 0.4) is 0 Å². The van der Waals surface area contributed by atoms with Gasteiger partial charge in [-0.3, -0.25) is 0 Å². The highest BCUT2D eigenvalue weighted by molar-refractivity contribution is 5.55. The first kappa shape index (κ1) is 11.7. The van der Waals surface area contributed by atoms with Gasteiger partial charge in [-0.15, -0.1) is 0 Å². The molecule has 3 heteroatoms. The van der Waals surface area contributed by atoms with Gasteiger partial charge in [0.05, 0.1) is 13.7 Å². The van der Waals surface area contributed by atoms with Crippen molar-refractivity contribution in [3.63, 3.8) is 0 Å². The fourth-order valence-electron chi connectivity index (χ4n) is 1.37. The second-order valence-corrected chi connectivity index (χ2v) is 3.60. The molecule has 0 spiro atoms. The standard InChI is InChI=1S/C12H19NO2/c1-5-15-11-7-6-10(13-9(2)3)8-12(11)14-4/h6-9,13H,5H2,1-4H3. The first-order valence-corrected chi connectivity index (χ1v) is 5.24. The maximum atomic E-state index is 5.44. The molecule has 0 radical (unpaired) electrons. The van der Waals surface area contributed by atoms with Crippen molar-refractivity contribution in [2.24, 2.45) is 0 Å². The Labute approximate surface area is 91.4 Å². The van der Waals surface area contributed by atoms with Gasteiger partial charge in [-0.2, -0.15) is 0 Å². The summed E-state index contributed by atoms with van der Waals surface area (Å²) >= 11 is 0. The van der Waals surface area contributed by atoms with E-state index in [4.69, 9.17) is 9.47 Å². The number of benzene rings is 1. The van der Waals surface area contributed by atoms with Crippen LogP contribution in [0.4, 0.5) is 5.69 Å². The maximum absolute atomic E-state index is 5.44. The Morgan fingerprint density at radius 1 is 1.27 bits per heavy atom. The lowest BCUT2D eigenvalue weighted by Gasteiger charge is -2.14. The van der Waals surface area contributed by atoms with Gasteiger partial charge in [-0.05, 0) is 32.9 Å². The number of ether oxygens (including phenoxy) is 2. The number of methoxy groups -OCH3 is 1. The van der Waals surface area contributed by atoms with Gasteiger partial charge in [0.25, 0.3) is 0 Å². The highest BCUT2D eigenvalue weighted by Crippen LogP contribution is 2.30. The molecular weight excluding hydrogens is 190 g/mol. The second-order valence-electron chi connectivity index (χ2n) is 3.60. The lowest BCUT2D eigenvalue weighted by atomic mass is 10.2. The van der Waals surface area contributed by atoms with Crippen molar-refractivity contribution in [2.45, 2.75) is 26.8 Å². The summed E-state index contributed by atoms with van der Waals surface area (Å²) in [5, 5.41) is 3.31. The Kier molecular flexibility index (Phi) is 4.28. The normalized spacial score (nSPS) is 10.2. The zero-order chi connectivity index (χ0) is 11.3. The number of rotatable bonds is 5. The molecular formula is C12H19NO2. The third-order valence-corrected chi connectivity index (χ3v) is 1.92. The van der Waals surface area contributed by atoms with Crippen LogP contribution in [0.25, 0.3) is 0 Å².